The molecule has 3 rings (SSSR count). The molecule has 0 fully saturated rings. The molecule has 2 amide bonds. The van der Waals surface area contributed by atoms with Gasteiger partial charge in [-0.05, 0) is 36.8 Å². The quantitative estimate of drug-likeness (QED) is 0.711. The SMILES string of the molecule is CCCNC(=O)c1cccc(NC(=O)Cn2c(=O)oc3ccccc32)c1. The van der Waals surface area contributed by atoms with Crippen LogP contribution in [0.25, 0.3) is 11.1 Å². The van der Waals surface area contributed by atoms with Crippen LogP contribution in [0.4, 0.5) is 5.69 Å². The van der Waals surface area contributed by atoms with Gasteiger partial charge in [0.15, 0.2) is 5.58 Å². The Bertz CT molecular complexity index is 1000. The lowest BCUT2D eigenvalue weighted by Crippen LogP contribution is -2.25. The van der Waals surface area contributed by atoms with Gasteiger partial charge in [0.05, 0.1) is 5.52 Å². The molecule has 7 heteroatoms. The van der Waals surface area contributed by atoms with E-state index in [1.807, 2.05) is 6.92 Å². The molecule has 0 saturated carbocycles. The molecule has 0 radical (unpaired) electrons. The fraction of sp³-hybridized carbons (Fsp3) is 0.211. The molecule has 0 aliphatic carbocycles. The summed E-state index contributed by atoms with van der Waals surface area (Å²) in [6, 6.07) is 13.6. The van der Waals surface area contributed by atoms with Crippen molar-refractivity contribution in [2.24, 2.45) is 0 Å². The molecule has 7 nitrogen and oxygen atoms in total. The smallest absolute Gasteiger partial charge is 0.408 e. The zero-order chi connectivity index (χ0) is 18.5. The topological polar surface area (TPSA) is 93.3 Å². The summed E-state index contributed by atoms with van der Waals surface area (Å²) >= 11 is 0. The standard InChI is InChI=1S/C19H19N3O4/c1-2-10-20-18(24)13-6-5-7-14(11-13)21-17(23)12-22-15-8-3-4-9-16(15)26-19(22)25/h3-9,11H,2,10,12H2,1H3,(H,20,24)(H,21,23). The molecule has 0 aliphatic rings. The number of amides is 2. The number of para-hydroxylation sites is 2. The number of oxazole rings is 1. The molecule has 1 heterocycles. The largest absolute Gasteiger partial charge is 0.420 e. The van der Waals surface area contributed by atoms with Crippen molar-refractivity contribution in [1.82, 2.24) is 9.88 Å². The highest BCUT2D eigenvalue weighted by atomic mass is 16.4. The molecule has 1 aromatic heterocycles. The molecule has 0 spiro atoms. The maximum absolute atomic E-state index is 12.3. The van der Waals surface area contributed by atoms with Gasteiger partial charge in [0.1, 0.15) is 6.54 Å². The number of carbonyl (C=O) groups excluding carboxylic acids is 2. The molecule has 0 aliphatic heterocycles. The zero-order valence-electron chi connectivity index (χ0n) is 14.3. The van der Waals surface area contributed by atoms with E-state index >= 15 is 0 Å². The van der Waals surface area contributed by atoms with E-state index in [9.17, 15) is 14.4 Å². The van der Waals surface area contributed by atoms with E-state index in [2.05, 4.69) is 10.6 Å². The summed E-state index contributed by atoms with van der Waals surface area (Å²) in [5, 5.41) is 5.49. The Morgan fingerprint density at radius 2 is 1.92 bits per heavy atom. The Labute approximate surface area is 149 Å². The van der Waals surface area contributed by atoms with Gasteiger partial charge in [-0.1, -0.05) is 25.1 Å². The number of aromatic nitrogens is 1. The van der Waals surface area contributed by atoms with Gasteiger partial charge >= 0.3 is 5.76 Å². The highest BCUT2D eigenvalue weighted by molar-refractivity contribution is 5.97. The number of nitrogens with one attached hydrogen (secondary N) is 2. The molecule has 0 atom stereocenters. The third-order valence-corrected chi connectivity index (χ3v) is 3.82. The Kier molecular flexibility index (Phi) is 5.17. The molecular weight excluding hydrogens is 334 g/mol. The molecule has 3 aromatic rings. The van der Waals surface area contributed by atoms with E-state index in [-0.39, 0.29) is 18.4 Å². The van der Waals surface area contributed by atoms with E-state index in [1.54, 1.807) is 48.5 Å². The molecule has 0 bridgehead atoms. The summed E-state index contributed by atoms with van der Waals surface area (Å²) in [5.74, 6) is -1.17. The second-order valence-electron chi connectivity index (χ2n) is 5.81. The van der Waals surface area contributed by atoms with E-state index in [4.69, 9.17) is 4.42 Å². The summed E-state index contributed by atoms with van der Waals surface area (Å²) in [6.07, 6.45) is 0.843. The summed E-state index contributed by atoms with van der Waals surface area (Å²) in [7, 11) is 0. The first kappa shape index (κ1) is 17.5. The summed E-state index contributed by atoms with van der Waals surface area (Å²) < 4.78 is 6.38. The van der Waals surface area contributed by atoms with Crippen molar-refractivity contribution in [2.45, 2.75) is 19.9 Å². The molecular formula is C19H19N3O4. The fourth-order valence-electron chi connectivity index (χ4n) is 2.59. The molecule has 0 saturated heterocycles. The maximum atomic E-state index is 12.3. The van der Waals surface area contributed by atoms with Crippen molar-refractivity contribution < 1.29 is 14.0 Å². The minimum Gasteiger partial charge on any atom is -0.408 e. The number of hydrogen-bond acceptors (Lipinski definition) is 4. The highest BCUT2D eigenvalue weighted by Gasteiger charge is 2.13. The lowest BCUT2D eigenvalue weighted by atomic mass is 10.2. The van der Waals surface area contributed by atoms with Crippen molar-refractivity contribution in [3.05, 3.63) is 64.6 Å². The van der Waals surface area contributed by atoms with Crippen LogP contribution in [-0.2, 0) is 11.3 Å². The minimum absolute atomic E-state index is 0.178. The van der Waals surface area contributed by atoms with Gasteiger partial charge in [-0.2, -0.15) is 0 Å². The Morgan fingerprint density at radius 3 is 2.73 bits per heavy atom. The number of hydrogen-bond donors (Lipinski definition) is 2. The second kappa shape index (κ2) is 7.69. The van der Waals surface area contributed by atoms with Gasteiger partial charge in [-0.15, -0.1) is 0 Å². The van der Waals surface area contributed by atoms with Crippen LogP contribution in [0.3, 0.4) is 0 Å². The van der Waals surface area contributed by atoms with Crippen LogP contribution < -0.4 is 16.4 Å². The molecule has 134 valence electrons. The van der Waals surface area contributed by atoms with Gasteiger partial charge in [-0.3, -0.25) is 14.2 Å². The van der Waals surface area contributed by atoms with E-state index < -0.39 is 5.76 Å². The number of benzene rings is 2. The van der Waals surface area contributed by atoms with Crippen LogP contribution in [0.15, 0.2) is 57.7 Å². The zero-order valence-corrected chi connectivity index (χ0v) is 14.3. The average molecular weight is 353 g/mol. The van der Waals surface area contributed by atoms with Crippen molar-refractivity contribution >= 4 is 28.6 Å². The molecule has 26 heavy (non-hydrogen) atoms. The fourth-order valence-corrected chi connectivity index (χ4v) is 2.59. The number of rotatable bonds is 6. The van der Waals surface area contributed by atoms with Crippen molar-refractivity contribution in [3.63, 3.8) is 0 Å². The number of carbonyl (C=O) groups is 2. The van der Waals surface area contributed by atoms with Gasteiger partial charge in [0.25, 0.3) is 5.91 Å². The van der Waals surface area contributed by atoms with Crippen LogP contribution in [0.2, 0.25) is 0 Å². The molecule has 0 unspecified atom stereocenters. The predicted molar refractivity (Wildman–Crippen MR) is 98.2 cm³/mol. The second-order valence-corrected chi connectivity index (χ2v) is 5.81. The number of fused-ring (bicyclic) bond motifs is 1. The summed E-state index contributed by atoms with van der Waals surface area (Å²) in [4.78, 5) is 36.3. The monoisotopic (exact) mass is 353 g/mol. The third kappa shape index (κ3) is 3.83. The van der Waals surface area contributed by atoms with Crippen LogP contribution >= 0.6 is 0 Å². The van der Waals surface area contributed by atoms with Crippen LogP contribution in [0.5, 0.6) is 0 Å². The maximum Gasteiger partial charge on any atom is 0.420 e. The lowest BCUT2D eigenvalue weighted by molar-refractivity contribution is -0.116. The Balaban J connectivity index is 1.73. The van der Waals surface area contributed by atoms with Gasteiger partial charge < -0.3 is 15.1 Å². The first-order valence-electron chi connectivity index (χ1n) is 8.35. The molecule has 2 N–H and O–H groups in total. The summed E-state index contributed by atoms with van der Waals surface area (Å²) in [5.41, 5.74) is 1.93. The molecule has 2 aromatic carbocycles. The van der Waals surface area contributed by atoms with E-state index in [1.165, 1.54) is 4.57 Å². The van der Waals surface area contributed by atoms with E-state index in [0.717, 1.165) is 6.42 Å². The number of anilines is 1. The van der Waals surface area contributed by atoms with Gasteiger partial charge in [-0.25, -0.2) is 4.79 Å². The predicted octanol–water partition coefficient (Wildman–Crippen LogP) is 2.37. The van der Waals surface area contributed by atoms with Crippen LogP contribution in [-0.4, -0.2) is 22.9 Å². The van der Waals surface area contributed by atoms with Crippen LogP contribution in [0.1, 0.15) is 23.7 Å². The van der Waals surface area contributed by atoms with Gasteiger partial charge in [0, 0.05) is 17.8 Å². The normalized spacial score (nSPS) is 10.7. The summed E-state index contributed by atoms with van der Waals surface area (Å²) in [6.45, 7) is 2.38. The van der Waals surface area contributed by atoms with Crippen molar-refractivity contribution in [3.8, 4) is 0 Å². The lowest BCUT2D eigenvalue weighted by Gasteiger charge is -2.08. The average Bonchev–Trinajstić information content (AvgIpc) is 2.95. The minimum atomic E-state index is -0.589. The van der Waals surface area contributed by atoms with E-state index in [0.29, 0.717) is 28.9 Å². The van der Waals surface area contributed by atoms with Crippen molar-refractivity contribution in [2.75, 3.05) is 11.9 Å². The van der Waals surface area contributed by atoms with Crippen LogP contribution in [0, 0.1) is 0 Å². The Morgan fingerprint density at radius 1 is 1.12 bits per heavy atom. The first-order chi connectivity index (χ1) is 12.6. The highest BCUT2D eigenvalue weighted by Crippen LogP contribution is 2.13. The Hall–Kier alpha value is -3.35. The third-order valence-electron chi connectivity index (χ3n) is 3.82. The first-order valence-corrected chi connectivity index (χ1v) is 8.35. The van der Waals surface area contributed by atoms with Crippen molar-refractivity contribution in [1.29, 1.82) is 0 Å². The number of nitrogens with zero attached hydrogens (tertiary/aromatic N) is 1. The van der Waals surface area contributed by atoms with Gasteiger partial charge in [0.2, 0.25) is 5.91 Å².